The molecule has 1 aliphatic rings. The fraction of sp³-hybridized carbons (Fsp3) is 0.474. The second-order valence-corrected chi connectivity index (χ2v) is 6.43. The number of fused-ring (bicyclic) bond motifs is 1. The number of nitrogens with zero attached hydrogens (tertiary/aromatic N) is 3. The molecular formula is C19H26N4. The van der Waals surface area contributed by atoms with E-state index in [9.17, 15) is 0 Å². The average Bonchev–Trinajstić information content (AvgIpc) is 2.98. The second-order valence-electron chi connectivity index (χ2n) is 6.43. The number of rotatable bonds is 6. The van der Waals surface area contributed by atoms with Gasteiger partial charge in [-0.25, -0.2) is 0 Å². The van der Waals surface area contributed by atoms with E-state index in [1.807, 2.05) is 0 Å². The van der Waals surface area contributed by atoms with Crippen LogP contribution in [0.3, 0.4) is 0 Å². The maximum absolute atomic E-state index is 4.30. The highest BCUT2D eigenvalue weighted by Gasteiger charge is 2.21. The van der Waals surface area contributed by atoms with Crippen molar-refractivity contribution in [2.75, 3.05) is 13.1 Å². The fourth-order valence-electron chi connectivity index (χ4n) is 3.24. The third-order valence-corrected chi connectivity index (χ3v) is 4.49. The lowest BCUT2D eigenvalue weighted by atomic mass is 9.99. The van der Waals surface area contributed by atoms with Crippen LogP contribution in [0.4, 0.5) is 0 Å². The lowest BCUT2D eigenvalue weighted by Crippen LogP contribution is -2.31. The minimum atomic E-state index is 0.674. The molecule has 0 saturated carbocycles. The molecule has 2 aromatic rings. The fourth-order valence-corrected chi connectivity index (χ4v) is 3.24. The third-order valence-electron chi connectivity index (χ3n) is 4.49. The summed E-state index contributed by atoms with van der Waals surface area (Å²) >= 11 is 0. The van der Waals surface area contributed by atoms with Crippen molar-refractivity contribution in [3.05, 3.63) is 53.1 Å². The molecule has 1 N–H and O–H groups in total. The predicted molar refractivity (Wildman–Crippen MR) is 94.2 cm³/mol. The number of nitrogens with one attached hydrogen (secondary N) is 1. The number of benzene rings is 1. The van der Waals surface area contributed by atoms with Crippen LogP contribution in [0.5, 0.6) is 0 Å². The first-order chi connectivity index (χ1) is 11.3. The van der Waals surface area contributed by atoms with Crippen molar-refractivity contribution in [1.82, 2.24) is 20.1 Å². The highest BCUT2D eigenvalue weighted by atomic mass is 15.3. The molecule has 0 fully saturated rings. The molecule has 0 aliphatic carbocycles. The molecule has 0 amide bonds. The minimum Gasteiger partial charge on any atom is -0.315 e. The quantitative estimate of drug-likeness (QED) is 0.891. The van der Waals surface area contributed by atoms with E-state index in [1.54, 1.807) is 0 Å². The minimum absolute atomic E-state index is 0.674. The summed E-state index contributed by atoms with van der Waals surface area (Å²) in [5, 5.41) is 12.2. The first-order valence-electron chi connectivity index (χ1n) is 8.60. The molecule has 23 heavy (non-hydrogen) atoms. The van der Waals surface area contributed by atoms with Gasteiger partial charge in [-0.05, 0) is 31.4 Å². The van der Waals surface area contributed by atoms with Crippen LogP contribution >= 0.6 is 0 Å². The molecule has 122 valence electrons. The Labute approximate surface area is 138 Å². The first kappa shape index (κ1) is 15.9. The molecular weight excluding hydrogens is 284 g/mol. The smallest absolute Gasteiger partial charge is 0.133 e. The van der Waals surface area contributed by atoms with E-state index in [0.717, 1.165) is 38.3 Å². The Morgan fingerprint density at radius 2 is 2.13 bits per heavy atom. The number of hydrogen-bond acceptors (Lipinski definition) is 3. The van der Waals surface area contributed by atoms with E-state index in [1.165, 1.54) is 23.4 Å². The Kier molecular flexibility index (Phi) is 5.23. The van der Waals surface area contributed by atoms with Crippen LogP contribution in [0.1, 0.15) is 37.5 Å². The molecule has 3 rings (SSSR count). The van der Waals surface area contributed by atoms with Crippen LogP contribution in [-0.2, 0) is 19.4 Å². The van der Waals surface area contributed by atoms with Gasteiger partial charge in [-0.1, -0.05) is 48.9 Å². The highest BCUT2D eigenvalue weighted by Crippen LogP contribution is 2.19. The third kappa shape index (κ3) is 4.08. The molecule has 0 spiro atoms. The van der Waals surface area contributed by atoms with Crippen molar-refractivity contribution in [3.8, 4) is 0 Å². The van der Waals surface area contributed by atoms with Crippen molar-refractivity contribution in [2.24, 2.45) is 5.92 Å². The van der Waals surface area contributed by atoms with Gasteiger partial charge in [0, 0.05) is 25.9 Å². The van der Waals surface area contributed by atoms with Gasteiger partial charge in [0.05, 0.1) is 0 Å². The summed E-state index contributed by atoms with van der Waals surface area (Å²) in [4.78, 5) is 0. The summed E-state index contributed by atoms with van der Waals surface area (Å²) in [5.74, 6) is 2.97. The molecule has 1 aromatic heterocycles. The molecule has 4 heteroatoms. The van der Waals surface area contributed by atoms with E-state index in [0.29, 0.717) is 5.92 Å². The van der Waals surface area contributed by atoms with Gasteiger partial charge in [0.2, 0.25) is 0 Å². The van der Waals surface area contributed by atoms with Crippen LogP contribution < -0.4 is 5.32 Å². The van der Waals surface area contributed by atoms with Gasteiger partial charge >= 0.3 is 0 Å². The van der Waals surface area contributed by atoms with E-state index >= 15 is 0 Å². The Balaban J connectivity index is 1.49. The monoisotopic (exact) mass is 310 g/mol. The zero-order valence-electron chi connectivity index (χ0n) is 14.1. The van der Waals surface area contributed by atoms with Crippen LogP contribution in [0.25, 0.3) is 6.08 Å². The van der Waals surface area contributed by atoms with Gasteiger partial charge in [0.15, 0.2) is 0 Å². The van der Waals surface area contributed by atoms with Crippen molar-refractivity contribution < 1.29 is 0 Å². The lowest BCUT2D eigenvalue weighted by molar-refractivity contribution is 0.346. The van der Waals surface area contributed by atoms with Crippen LogP contribution in [0, 0.1) is 5.92 Å². The van der Waals surface area contributed by atoms with Gasteiger partial charge in [0.25, 0.3) is 0 Å². The summed E-state index contributed by atoms with van der Waals surface area (Å²) in [6.07, 6.45) is 5.47. The van der Waals surface area contributed by atoms with Crippen molar-refractivity contribution in [3.63, 3.8) is 0 Å². The molecule has 4 nitrogen and oxygen atoms in total. The molecule has 2 heterocycles. The van der Waals surface area contributed by atoms with Gasteiger partial charge in [-0.3, -0.25) is 0 Å². The van der Waals surface area contributed by atoms with Crippen molar-refractivity contribution in [1.29, 1.82) is 0 Å². The Hall–Kier alpha value is -1.94. The van der Waals surface area contributed by atoms with E-state index in [4.69, 9.17) is 0 Å². The van der Waals surface area contributed by atoms with E-state index < -0.39 is 0 Å². The standard InChI is InChI=1S/C19H26N4/c1-3-18-21-22-19-10-9-17(14-23(18)19)13-20-12-15(2)11-16-7-5-4-6-8-16/h4-8,11,17,20H,3,9-10,12-14H2,1-2H3/b15-11-/t17-/m1/s1. The van der Waals surface area contributed by atoms with Crippen molar-refractivity contribution in [2.45, 2.75) is 39.7 Å². The second kappa shape index (κ2) is 7.55. The Morgan fingerprint density at radius 3 is 2.91 bits per heavy atom. The summed E-state index contributed by atoms with van der Waals surface area (Å²) in [7, 11) is 0. The van der Waals surface area contributed by atoms with Crippen molar-refractivity contribution >= 4 is 6.08 Å². The van der Waals surface area contributed by atoms with Crippen LogP contribution in [0.2, 0.25) is 0 Å². The molecule has 0 bridgehead atoms. The number of hydrogen-bond donors (Lipinski definition) is 1. The van der Waals surface area contributed by atoms with E-state index in [-0.39, 0.29) is 0 Å². The highest BCUT2D eigenvalue weighted by molar-refractivity contribution is 5.52. The van der Waals surface area contributed by atoms with Gasteiger partial charge in [-0.15, -0.1) is 10.2 Å². The summed E-state index contributed by atoms with van der Waals surface area (Å²) < 4.78 is 2.32. The molecule has 0 unspecified atom stereocenters. The maximum Gasteiger partial charge on any atom is 0.133 e. The number of aromatic nitrogens is 3. The van der Waals surface area contributed by atoms with E-state index in [2.05, 4.69) is 70.3 Å². The lowest BCUT2D eigenvalue weighted by Gasteiger charge is -2.24. The zero-order valence-corrected chi connectivity index (χ0v) is 14.1. The summed E-state index contributed by atoms with van der Waals surface area (Å²) in [5.41, 5.74) is 2.64. The Morgan fingerprint density at radius 1 is 1.30 bits per heavy atom. The molecule has 1 aliphatic heterocycles. The SMILES string of the molecule is CCc1nnc2n1C[C@@H](CNC/C(C)=C\c1ccccc1)CC2. The zero-order chi connectivity index (χ0) is 16.1. The van der Waals surface area contributed by atoms with Gasteiger partial charge in [0.1, 0.15) is 11.6 Å². The number of aryl methyl sites for hydroxylation is 2. The topological polar surface area (TPSA) is 42.7 Å². The van der Waals surface area contributed by atoms with Crippen LogP contribution in [0.15, 0.2) is 35.9 Å². The molecule has 1 aromatic carbocycles. The van der Waals surface area contributed by atoms with Gasteiger partial charge < -0.3 is 9.88 Å². The average molecular weight is 310 g/mol. The van der Waals surface area contributed by atoms with Gasteiger partial charge in [-0.2, -0.15) is 0 Å². The molecule has 1 atom stereocenters. The van der Waals surface area contributed by atoms with Crippen LogP contribution in [-0.4, -0.2) is 27.9 Å². The Bertz CT molecular complexity index is 644. The summed E-state index contributed by atoms with van der Waals surface area (Å²) in [6.45, 7) is 7.40. The first-order valence-corrected chi connectivity index (χ1v) is 8.60. The molecule has 0 saturated heterocycles. The molecule has 0 radical (unpaired) electrons. The largest absolute Gasteiger partial charge is 0.315 e. The normalized spacial score (nSPS) is 18.0. The summed E-state index contributed by atoms with van der Waals surface area (Å²) in [6, 6.07) is 10.5. The maximum atomic E-state index is 4.30. The predicted octanol–water partition coefficient (Wildman–Crippen LogP) is 3.10.